The molecule has 1 amide bonds. The van der Waals surface area contributed by atoms with Gasteiger partial charge in [-0.05, 0) is 62.4 Å². The first-order valence-electron chi connectivity index (χ1n) is 8.44. The summed E-state index contributed by atoms with van der Waals surface area (Å²) in [5.41, 5.74) is 3.27. The zero-order valence-corrected chi connectivity index (χ0v) is 14.2. The Morgan fingerprint density at radius 3 is 2.72 bits per heavy atom. The van der Waals surface area contributed by atoms with Crippen LogP contribution < -0.4 is 5.32 Å². The minimum absolute atomic E-state index is 0.145. The summed E-state index contributed by atoms with van der Waals surface area (Å²) in [6, 6.07) is 6.33. The van der Waals surface area contributed by atoms with Crippen molar-refractivity contribution in [3.63, 3.8) is 0 Å². The molecule has 0 spiro atoms. The molecular weight excluding hydrogens is 319 g/mol. The van der Waals surface area contributed by atoms with Gasteiger partial charge >= 0.3 is 0 Å². The van der Waals surface area contributed by atoms with Gasteiger partial charge in [0.05, 0.1) is 5.69 Å². The van der Waals surface area contributed by atoms with Crippen LogP contribution in [0.15, 0.2) is 36.8 Å². The number of fused-ring (bicyclic) bond motifs is 1. The quantitative estimate of drug-likeness (QED) is 0.793. The lowest BCUT2D eigenvalue weighted by molar-refractivity contribution is 0.0933. The van der Waals surface area contributed by atoms with Crippen LogP contribution in [0.4, 0.5) is 4.39 Å². The summed E-state index contributed by atoms with van der Waals surface area (Å²) >= 11 is 0. The number of halogens is 1. The molecule has 1 N–H and O–H groups in total. The molecule has 0 bridgehead atoms. The number of hydrogen-bond donors (Lipinski definition) is 1. The number of hydrogen-bond acceptors (Lipinski definition) is 3. The number of benzene rings is 1. The molecule has 1 fully saturated rings. The van der Waals surface area contributed by atoms with Gasteiger partial charge in [0, 0.05) is 17.8 Å². The summed E-state index contributed by atoms with van der Waals surface area (Å²) < 4.78 is 14.9. The Labute approximate surface area is 144 Å². The number of aryl methyl sites for hydroxylation is 1. The van der Waals surface area contributed by atoms with Crippen molar-refractivity contribution in [1.29, 1.82) is 0 Å². The molecule has 1 saturated carbocycles. The third kappa shape index (κ3) is 2.99. The van der Waals surface area contributed by atoms with Crippen LogP contribution in [0.5, 0.6) is 0 Å². The van der Waals surface area contributed by atoms with E-state index in [0.29, 0.717) is 17.3 Å². The number of amides is 1. The summed E-state index contributed by atoms with van der Waals surface area (Å²) in [6.07, 6.45) is 5.81. The fourth-order valence-corrected chi connectivity index (χ4v) is 3.07. The summed E-state index contributed by atoms with van der Waals surface area (Å²) in [4.78, 5) is 21.5. The zero-order valence-electron chi connectivity index (χ0n) is 14.2. The average Bonchev–Trinajstić information content (AvgIpc) is 3.36. The van der Waals surface area contributed by atoms with Crippen LogP contribution in [0.2, 0.25) is 0 Å². The van der Waals surface area contributed by atoms with Crippen LogP contribution in [-0.2, 0) is 0 Å². The van der Waals surface area contributed by atoms with Crippen LogP contribution in [0.3, 0.4) is 0 Å². The van der Waals surface area contributed by atoms with E-state index < -0.39 is 0 Å². The highest BCUT2D eigenvalue weighted by atomic mass is 19.1. The first kappa shape index (κ1) is 15.7. The lowest BCUT2D eigenvalue weighted by atomic mass is 10.1. The molecule has 0 unspecified atom stereocenters. The van der Waals surface area contributed by atoms with Gasteiger partial charge in [-0.15, -0.1) is 0 Å². The Bertz CT molecular complexity index is 944. The molecule has 2 heterocycles. The number of carbonyl (C=O) groups is 1. The summed E-state index contributed by atoms with van der Waals surface area (Å²) in [5, 5.41) is 3.01. The number of nitrogens with zero attached hydrogens (tertiary/aromatic N) is 3. The lowest BCUT2D eigenvalue weighted by Crippen LogP contribution is -2.34. The first-order chi connectivity index (χ1) is 12.0. The Morgan fingerprint density at radius 1 is 1.32 bits per heavy atom. The maximum absolute atomic E-state index is 13.2. The normalized spacial score (nSPS) is 15.3. The van der Waals surface area contributed by atoms with Crippen molar-refractivity contribution < 1.29 is 9.18 Å². The molecule has 6 heteroatoms. The molecule has 1 aromatic carbocycles. The van der Waals surface area contributed by atoms with Crippen molar-refractivity contribution in [2.75, 3.05) is 0 Å². The molecule has 5 nitrogen and oxygen atoms in total. The first-order valence-corrected chi connectivity index (χ1v) is 8.44. The van der Waals surface area contributed by atoms with Crippen molar-refractivity contribution in [2.24, 2.45) is 5.92 Å². The van der Waals surface area contributed by atoms with E-state index in [4.69, 9.17) is 0 Å². The molecule has 25 heavy (non-hydrogen) atoms. The second-order valence-electron chi connectivity index (χ2n) is 6.70. The standard InChI is InChI=1S/C19H19FN4O/c1-11-9-24-10-21-17(19(25)22-12(2)13-3-4-13)18(24)23-16(11)14-5-7-15(20)8-6-14/h5-10,12-13H,3-4H2,1-2H3,(H,22,25)/t12-/m0/s1. The molecule has 0 radical (unpaired) electrons. The Balaban J connectivity index is 1.72. The summed E-state index contributed by atoms with van der Waals surface area (Å²) in [6.45, 7) is 3.95. The van der Waals surface area contributed by atoms with Gasteiger partial charge in [-0.25, -0.2) is 14.4 Å². The van der Waals surface area contributed by atoms with Crippen molar-refractivity contribution in [3.8, 4) is 11.3 Å². The molecule has 128 valence electrons. The van der Waals surface area contributed by atoms with Gasteiger partial charge in [0.2, 0.25) is 0 Å². The molecule has 4 rings (SSSR count). The van der Waals surface area contributed by atoms with Gasteiger partial charge in [-0.1, -0.05) is 0 Å². The van der Waals surface area contributed by atoms with Crippen molar-refractivity contribution >= 4 is 11.6 Å². The smallest absolute Gasteiger partial charge is 0.274 e. The van der Waals surface area contributed by atoms with E-state index in [9.17, 15) is 9.18 Å². The van der Waals surface area contributed by atoms with Gasteiger partial charge in [0.1, 0.15) is 12.1 Å². The molecule has 1 aliphatic rings. The van der Waals surface area contributed by atoms with E-state index in [1.165, 1.54) is 12.1 Å². The third-order valence-corrected chi connectivity index (χ3v) is 4.71. The number of nitrogens with one attached hydrogen (secondary N) is 1. The second-order valence-corrected chi connectivity index (χ2v) is 6.70. The van der Waals surface area contributed by atoms with Gasteiger partial charge in [-0.2, -0.15) is 0 Å². The minimum Gasteiger partial charge on any atom is -0.348 e. The number of carbonyl (C=O) groups excluding carboxylic acids is 1. The summed E-state index contributed by atoms with van der Waals surface area (Å²) in [5.74, 6) is 0.0760. The van der Waals surface area contributed by atoms with Crippen molar-refractivity contribution in [1.82, 2.24) is 19.7 Å². The summed E-state index contributed by atoms with van der Waals surface area (Å²) in [7, 11) is 0. The van der Waals surface area contributed by atoms with Gasteiger partial charge in [0.25, 0.3) is 5.91 Å². The third-order valence-electron chi connectivity index (χ3n) is 4.71. The van der Waals surface area contributed by atoms with Crippen molar-refractivity contribution in [2.45, 2.75) is 32.7 Å². The fourth-order valence-electron chi connectivity index (χ4n) is 3.07. The number of rotatable bonds is 4. The van der Waals surface area contributed by atoms with Gasteiger partial charge in [-0.3, -0.25) is 9.20 Å². The number of aromatic nitrogens is 3. The van der Waals surface area contributed by atoms with Crippen LogP contribution >= 0.6 is 0 Å². The predicted molar refractivity (Wildman–Crippen MR) is 92.8 cm³/mol. The van der Waals surface area contributed by atoms with Crippen LogP contribution in [0, 0.1) is 18.7 Å². The Morgan fingerprint density at radius 2 is 2.04 bits per heavy atom. The predicted octanol–water partition coefficient (Wildman–Crippen LogP) is 3.37. The molecule has 3 aromatic rings. The van der Waals surface area contributed by atoms with Crippen LogP contribution in [0.25, 0.3) is 16.9 Å². The highest BCUT2D eigenvalue weighted by molar-refractivity contribution is 5.98. The van der Waals surface area contributed by atoms with E-state index in [-0.39, 0.29) is 17.8 Å². The topological polar surface area (TPSA) is 59.3 Å². The molecule has 1 atom stereocenters. The maximum Gasteiger partial charge on any atom is 0.274 e. The largest absolute Gasteiger partial charge is 0.348 e. The average molecular weight is 338 g/mol. The zero-order chi connectivity index (χ0) is 17.6. The Hall–Kier alpha value is -2.76. The van der Waals surface area contributed by atoms with Gasteiger partial charge < -0.3 is 5.32 Å². The SMILES string of the molecule is Cc1cn2cnc(C(=O)N[C@@H](C)C3CC3)c2nc1-c1ccc(F)cc1. The molecule has 2 aromatic heterocycles. The molecule has 0 aliphatic heterocycles. The number of imidazole rings is 1. The van der Waals surface area contributed by atoms with Gasteiger partial charge in [0.15, 0.2) is 11.3 Å². The van der Waals surface area contributed by atoms with E-state index in [2.05, 4.69) is 15.3 Å². The van der Waals surface area contributed by atoms with Crippen LogP contribution in [-0.4, -0.2) is 26.3 Å². The van der Waals surface area contributed by atoms with Crippen LogP contribution in [0.1, 0.15) is 35.8 Å². The highest BCUT2D eigenvalue weighted by Crippen LogP contribution is 2.32. The molecule has 1 aliphatic carbocycles. The Kier molecular flexibility index (Phi) is 3.75. The van der Waals surface area contributed by atoms with E-state index >= 15 is 0 Å². The highest BCUT2D eigenvalue weighted by Gasteiger charge is 2.30. The van der Waals surface area contributed by atoms with E-state index in [0.717, 1.165) is 29.7 Å². The maximum atomic E-state index is 13.2. The van der Waals surface area contributed by atoms with Crippen molar-refractivity contribution in [3.05, 3.63) is 53.9 Å². The monoisotopic (exact) mass is 338 g/mol. The lowest BCUT2D eigenvalue weighted by Gasteiger charge is -2.12. The fraction of sp³-hybridized carbons (Fsp3) is 0.316. The molecular formula is C19H19FN4O. The van der Waals surface area contributed by atoms with E-state index in [1.54, 1.807) is 22.9 Å². The second kappa shape index (κ2) is 5.95. The molecule has 0 saturated heterocycles. The van der Waals surface area contributed by atoms with E-state index in [1.807, 2.05) is 20.0 Å². The minimum atomic E-state index is -0.291.